The maximum Gasteiger partial charge on any atom is 0.163 e. The highest BCUT2D eigenvalue weighted by atomic mass is 127. The van der Waals surface area contributed by atoms with Crippen LogP contribution in [-0.2, 0) is 0 Å². The van der Waals surface area contributed by atoms with E-state index in [0.717, 1.165) is 3.57 Å². The number of carbonyl (C=O) groups excluding carboxylic acids is 1. The Morgan fingerprint density at radius 1 is 1.58 bits per heavy atom. The fraction of sp³-hybridized carbons (Fsp3) is 0.125. The van der Waals surface area contributed by atoms with Gasteiger partial charge in [0, 0.05) is 3.57 Å². The molecule has 0 radical (unpaired) electrons. The van der Waals surface area contributed by atoms with Crippen LogP contribution in [0.2, 0.25) is 0 Å². The topological polar surface area (TPSA) is 63.3 Å². The number of hydrogen-bond donors (Lipinski definition) is 2. The zero-order valence-corrected chi connectivity index (χ0v) is 8.62. The van der Waals surface area contributed by atoms with Crippen LogP contribution in [-0.4, -0.2) is 10.9 Å². The molecule has 0 saturated carbocycles. The zero-order valence-electron chi connectivity index (χ0n) is 6.47. The van der Waals surface area contributed by atoms with Gasteiger partial charge in [-0.2, -0.15) is 0 Å². The largest absolute Gasteiger partial charge is 0.506 e. The van der Waals surface area contributed by atoms with Crippen LogP contribution >= 0.6 is 22.6 Å². The van der Waals surface area contributed by atoms with Gasteiger partial charge in [-0.05, 0) is 41.6 Å². The van der Waals surface area contributed by atoms with Crippen LogP contribution in [0.15, 0.2) is 12.1 Å². The average Bonchev–Trinajstić information content (AvgIpc) is 1.97. The fourth-order valence-electron chi connectivity index (χ4n) is 0.940. The Balaban J connectivity index is 3.43. The second kappa shape index (κ2) is 3.30. The van der Waals surface area contributed by atoms with Gasteiger partial charge in [0.1, 0.15) is 5.75 Å². The number of rotatable bonds is 1. The SMILES string of the molecule is CC(=O)c1c(I)ccc(O)c1N. The molecule has 0 aliphatic rings. The van der Waals surface area contributed by atoms with Gasteiger partial charge in [-0.1, -0.05) is 0 Å². The van der Waals surface area contributed by atoms with E-state index >= 15 is 0 Å². The van der Waals surface area contributed by atoms with Crippen molar-refractivity contribution in [2.45, 2.75) is 6.92 Å². The predicted octanol–water partition coefficient (Wildman–Crippen LogP) is 1.78. The van der Waals surface area contributed by atoms with Crippen molar-refractivity contribution in [3.63, 3.8) is 0 Å². The monoisotopic (exact) mass is 277 g/mol. The summed E-state index contributed by atoms with van der Waals surface area (Å²) < 4.78 is 0.760. The second-order valence-corrected chi connectivity index (χ2v) is 3.57. The lowest BCUT2D eigenvalue weighted by atomic mass is 10.1. The Kier molecular flexibility index (Phi) is 2.56. The van der Waals surface area contributed by atoms with Crippen LogP contribution < -0.4 is 5.73 Å². The van der Waals surface area contributed by atoms with E-state index in [9.17, 15) is 9.90 Å². The molecule has 0 spiro atoms. The number of carbonyl (C=O) groups is 1. The van der Waals surface area contributed by atoms with E-state index in [4.69, 9.17) is 5.73 Å². The Hall–Kier alpha value is -0.780. The third-order valence-electron chi connectivity index (χ3n) is 1.52. The zero-order chi connectivity index (χ0) is 9.30. The van der Waals surface area contributed by atoms with Gasteiger partial charge < -0.3 is 10.8 Å². The van der Waals surface area contributed by atoms with E-state index in [1.165, 1.54) is 13.0 Å². The van der Waals surface area contributed by atoms with Crippen molar-refractivity contribution in [3.05, 3.63) is 21.3 Å². The molecule has 1 rings (SSSR count). The van der Waals surface area contributed by atoms with E-state index in [2.05, 4.69) is 0 Å². The molecule has 0 atom stereocenters. The van der Waals surface area contributed by atoms with Gasteiger partial charge in [-0.3, -0.25) is 4.79 Å². The van der Waals surface area contributed by atoms with Crippen LogP contribution in [0.1, 0.15) is 17.3 Å². The molecule has 3 nitrogen and oxygen atoms in total. The molecule has 1 aromatic rings. The first-order valence-corrected chi connectivity index (χ1v) is 4.39. The number of benzene rings is 1. The van der Waals surface area contributed by atoms with Gasteiger partial charge in [0.2, 0.25) is 0 Å². The summed E-state index contributed by atoms with van der Waals surface area (Å²) in [6.45, 7) is 1.42. The molecule has 3 N–H and O–H groups in total. The maximum absolute atomic E-state index is 11.0. The van der Waals surface area contributed by atoms with Crippen molar-refractivity contribution in [2.24, 2.45) is 0 Å². The normalized spacial score (nSPS) is 9.83. The van der Waals surface area contributed by atoms with E-state index in [1.807, 2.05) is 22.6 Å². The van der Waals surface area contributed by atoms with Gasteiger partial charge in [0.05, 0.1) is 11.3 Å². The van der Waals surface area contributed by atoms with Gasteiger partial charge in [0.25, 0.3) is 0 Å². The summed E-state index contributed by atoms with van der Waals surface area (Å²) in [6, 6.07) is 3.13. The number of nitrogen functional groups attached to an aromatic ring is 1. The lowest BCUT2D eigenvalue weighted by Crippen LogP contribution is -2.02. The van der Waals surface area contributed by atoms with Gasteiger partial charge in [-0.15, -0.1) is 0 Å². The molecule has 0 heterocycles. The first-order chi connectivity index (χ1) is 5.54. The van der Waals surface area contributed by atoms with Gasteiger partial charge in [-0.25, -0.2) is 0 Å². The van der Waals surface area contributed by atoms with Gasteiger partial charge in [0.15, 0.2) is 5.78 Å². The number of ketones is 1. The second-order valence-electron chi connectivity index (χ2n) is 2.41. The highest BCUT2D eigenvalue weighted by Gasteiger charge is 2.11. The predicted molar refractivity (Wildman–Crippen MR) is 55.2 cm³/mol. The molecular formula is C8H8INO2. The van der Waals surface area contributed by atoms with Crippen molar-refractivity contribution < 1.29 is 9.90 Å². The summed E-state index contributed by atoms with van der Waals surface area (Å²) in [6.07, 6.45) is 0. The standard InChI is InChI=1S/C8H8INO2/c1-4(11)7-5(9)2-3-6(12)8(7)10/h2-3,12H,10H2,1H3. The third kappa shape index (κ3) is 1.52. The highest BCUT2D eigenvalue weighted by molar-refractivity contribution is 14.1. The number of phenols is 1. The number of nitrogens with two attached hydrogens (primary N) is 1. The molecule has 1 aromatic carbocycles. The smallest absolute Gasteiger partial charge is 0.163 e. The van der Waals surface area contributed by atoms with E-state index in [-0.39, 0.29) is 17.2 Å². The van der Waals surface area contributed by atoms with E-state index in [1.54, 1.807) is 6.07 Å². The molecule has 0 saturated heterocycles. The van der Waals surface area contributed by atoms with Gasteiger partial charge >= 0.3 is 0 Å². The third-order valence-corrected chi connectivity index (χ3v) is 2.42. The van der Waals surface area contributed by atoms with Crippen LogP contribution in [0.4, 0.5) is 5.69 Å². The number of anilines is 1. The summed E-state index contributed by atoms with van der Waals surface area (Å²) in [5.74, 6) is -0.173. The lowest BCUT2D eigenvalue weighted by molar-refractivity contribution is 0.101. The van der Waals surface area contributed by atoms with Crippen molar-refractivity contribution in [2.75, 3.05) is 5.73 Å². The number of hydrogen-bond acceptors (Lipinski definition) is 3. The van der Waals surface area contributed by atoms with Crippen LogP contribution in [0.25, 0.3) is 0 Å². The Labute approximate surface area is 83.7 Å². The van der Waals surface area contributed by atoms with Crippen LogP contribution in [0, 0.1) is 3.57 Å². The molecule has 0 aliphatic heterocycles. The Morgan fingerprint density at radius 3 is 2.58 bits per heavy atom. The molecule has 0 fully saturated rings. The summed E-state index contributed by atoms with van der Waals surface area (Å²) in [7, 11) is 0. The lowest BCUT2D eigenvalue weighted by Gasteiger charge is -2.05. The quantitative estimate of drug-likeness (QED) is 0.356. The van der Waals surface area contributed by atoms with Crippen LogP contribution in [0.5, 0.6) is 5.75 Å². The minimum atomic E-state index is -0.132. The van der Waals surface area contributed by atoms with Crippen molar-refractivity contribution in [3.8, 4) is 5.75 Å². The average molecular weight is 277 g/mol. The molecule has 0 bridgehead atoms. The molecule has 12 heavy (non-hydrogen) atoms. The van der Waals surface area contributed by atoms with E-state index in [0.29, 0.717) is 5.56 Å². The fourth-order valence-corrected chi connectivity index (χ4v) is 1.79. The molecular weight excluding hydrogens is 269 g/mol. The molecule has 0 unspecified atom stereocenters. The molecule has 0 aliphatic carbocycles. The Morgan fingerprint density at radius 2 is 2.17 bits per heavy atom. The van der Waals surface area contributed by atoms with Crippen molar-refractivity contribution >= 4 is 34.1 Å². The molecule has 64 valence electrons. The molecule has 0 aromatic heterocycles. The maximum atomic E-state index is 11.0. The molecule has 4 heteroatoms. The summed E-state index contributed by atoms with van der Waals surface area (Å²) in [4.78, 5) is 11.0. The molecule has 0 amide bonds. The summed E-state index contributed by atoms with van der Waals surface area (Å²) in [5.41, 5.74) is 6.07. The minimum Gasteiger partial charge on any atom is -0.506 e. The highest BCUT2D eigenvalue weighted by Crippen LogP contribution is 2.28. The number of aromatic hydroxyl groups is 1. The number of halogens is 1. The first-order valence-electron chi connectivity index (χ1n) is 3.32. The summed E-state index contributed by atoms with van der Waals surface area (Å²) >= 11 is 2.01. The number of phenolic OH excluding ortho intramolecular Hbond substituents is 1. The Bertz CT molecular complexity index is 336. The minimum absolute atomic E-state index is 0.0411. The number of Topliss-reactive ketones (excluding diaryl/α,β-unsaturated/α-hetero) is 1. The van der Waals surface area contributed by atoms with Crippen molar-refractivity contribution in [1.82, 2.24) is 0 Å². The first kappa shape index (κ1) is 9.31. The summed E-state index contributed by atoms with van der Waals surface area (Å²) in [5, 5.41) is 9.19. The van der Waals surface area contributed by atoms with E-state index < -0.39 is 0 Å². The van der Waals surface area contributed by atoms with Crippen LogP contribution in [0.3, 0.4) is 0 Å². The van der Waals surface area contributed by atoms with Crippen molar-refractivity contribution in [1.29, 1.82) is 0 Å².